The van der Waals surface area contributed by atoms with Gasteiger partial charge in [0.2, 0.25) is 0 Å². The van der Waals surface area contributed by atoms with E-state index in [4.69, 9.17) is 11.6 Å². The number of hydrogen-bond donors (Lipinski definition) is 1. The molecule has 1 heterocycles. The molecule has 0 radical (unpaired) electrons. The summed E-state index contributed by atoms with van der Waals surface area (Å²) in [5.41, 5.74) is 1.26. The zero-order valence-corrected chi connectivity index (χ0v) is 9.58. The first-order valence-corrected chi connectivity index (χ1v) is 5.43. The highest BCUT2D eigenvalue weighted by Gasteiger charge is 2.09. The molecular weight excluding hydrogens is 224 g/mol. The minimum atomic E-state index is -0.460. The number of pyridine rings is 1. The minimum Gasteiger partial charge on any atom is -0.370 e. The molecule has 16 heavy (non-hydrogen) atoms. The van der Waals surface area contributed by atoms with Crippen LogP contribution >= 0.6 is 11.6 Å². The molecular formula is C12H11ClN2O. The first kappa shape index (κ1) is 10.9. The topological polar surface area (TPSA) is 42.0 Å². The van der Waals surface area contributed by atoms with Crippen LogP contribution in [0.5, 0.6) is 0 Å². The van der Waals surface area contributed by atoms with Gasteiger partial charge in [0.05, 0.1) is 5.52 Å². The van der Waals surface area contributed by atoms with Crippen molar-refractivity contribution < 1.29 is 4.79 Å². The van der Waals surface area contributed by atoms with Crippen LogP contribution in [0.2, 0.25) is 0 Å². The Bertz CT molecular complexity index is 540. The predicted octanol–water partition coefficient (Wildman–Crippen LogP) is 3.05. The normalized spacial score (nSPS) is 10.4. The van der Waals surface area contributed by atoms with E-state index in [1.807, 2.05) is 31.2 Å². The molecule has 0 saturated carbocycles. The molecule has 0 spiro atoms. The van der Waals surface area contributed by atoms with Crippen LogP contribution in [-0.4, -0.2) is 16.8 Å². The molecule has 0 amide bonds. The zero-order chi connectivity index (χ0) is 11.5. The van der Waals surface area contributed by atoms with Gasteiger partial charge in [-0.05, 0) is 30.7 Å². The average Bonchev–Trinajstić information content (AvgIpc) is 2.28. The first-order valence-electron chi connectivity index (χ1n) is 5.06. The van der Waals surface area contributed by atoms with Gasteiger partial charge in [0.1, 0.15) is 5.82 Å². The van der Waals surface area contributed by atoms with Gasteiger partial charge in [-0.1, -0.05) is 18.2 Å². The second-order valence-corrected chi connectivity index (χ2v) is 3.72. The summed E-state index contributed by atoms with van der Waals surface area (Å²) in [5.74, 6) is 0.671. The average molecular weight is 235 g/mol. The fraction of sp³-hybridized carbons (Fsp3) is 0.167. The second-order valence-electron chi connectivity index (χ2n) is 3.38. The maximum absolute atomic E-state index is 11.3. The van der Waals surface area contributed by atoms with Gasteiger partial charge in [-0.3, -0.25) is 4.79 Å². The Labute approximate surface area is 98.4 Å². The van der Waals surface area contributed by atoms with Crippen molar-refractivity contribution in [3.8, 4) is 0 Å². The van der Waals surface area contributed by atoms with Gasteiger partial charge in [-0.15, -0.1) is 0 Å². The largest absolute Gasteiger partial charge is 0.370 e. The summed E-state index contributed by atoms with van der Waals surface area (Å²) >= 11 is 5.56. The number of aromatic nitrogens is 1. The molecule has 0 unspecified atom stereocenters. The Hall–Kier alpha value is -1.61. The lowest BCUT2D eigenvalue weighted by Gasteiger charge is -2.07. The Morgan fingerprint density at radius 1 is 1.44 bits per heavy atom. The van der Waals surface area contributed by atoms with E-state index in [9.17, 15) is 4.79 Å². The number of carbonyl (C=O) groups is 1. The molecule has 2 aromatic rings. The van der Waals surface area contributed by atoms with Crippen molar-refractivity contribution in [3.05, 3.63) is 35.9 Å². The third-order valence-corrected chi connectivity index (χ3v) is 2.49. The number of fused-ring (bicyclic) bond motifs is 1. The van der Waals surface area contributed by atoms with Gasteiger partial charge in [-0.2, -0.15) is 0 Å². The number of benzene rings is 1. The van der Waals surface area contributed by atoms with Crippen molar-refractivity contribution in [1.82, 2.24) is 4.98 Å². The molecule has 4 heteroatoms. The van der Waals surface area contributed by atoms with Gasteiger partial charge in [-0.25, -0.2) is 4.98 Å². The number of nitrogens with zero attached hydrogens (tertiary/aromatic N) is 1. The standard InChI is InChI=1S/C12H11ClN2O/c1-2-14-11-7-9(12(13)16)8-5-3-4-6-10(8)15-11/h3-7H,2H2,1H3,(H,14,15). The highest BCUT2D eigenvalue weighted by molar-refractivity contribution is 6.68. The van der Waals surface area contributed by atoms with Gasteiger partial charge in [0.15, 0.2) is 0 Å². The van der Waals surface area contributed by atoms with E-state index in [2.05, 4.69) is 10.3 Å². The molecule has 0 aliphatic rings. The number of anilines is 1. The summed E-state index contributed by atoms with van der Waals surface area (Å²) in [4.78, 5) is 15.7. The van der Waals surface area contributed by atoms with Crippen LogP contribution < -0.4 is 5.32 Å². The van der Waals surface area contributed by atoms with Crippen molar-refractivity contribution >= 4 is 33.6 Å². The lowest BCUT2D eigenvalue weighted by atomic mass is 10.1. The highest BCUT2D eigenvalue weighted by atomic mass is 35.5. The Balaban J connectivity index is 2.68. The van der Waals surface area contributed by atoms with Crippen LogP contribution in [0.3, 0.4) is 0 Å². The van der Waals surface area contributed by atoms with E-state index in [1.165, 1.54) is 0 Å². The summed E-state index contributed by atoms with van der Waals surface area (Å²) in [6.07, 6.45) is 0. The zero-order valence-electron chi connectivity index (χ0n) is 8.83. The molecule has 1 aromatic heterocycles. The Morgan fingerprint density at radius 3 is 2.88 bits per heavy atom. The number of hydrogen-bond acceptors (Lipinski definition) is 3. The molecule has 0 aliphatic heterocycles. The number of para-hydroxylation sites is 1. The van der Waals surface area contributed by atoms with Crippen molar-refractivity contribution in [2.24, 2.45) is 0 Å². The van der Waals surface area contributed by atoms with E-state index in [0.717, 1.165) is 17.4 Å². The highest BCUT2D eigenvalue weighted by Crippen LogP contribution is 2.22. The third kappa shape index (κ3) is 1.99. The lowest BCUT2D eigenvalue weighted by Crippen LogP contribution is -2.02. The first-order chi connectivity index (χ1) is 7.72. The fourth-order valence-electron chi connectivity index (χ4n) is 1.61. The smallest absolute Gasteiger partial charge is 0.253 e. The molecule has 82 valence electrons. The van der Waals surface area contributed by atoms with Crippen LogP contribution in [-0.2, 0) is 0 Å². The molecule has 3 nitrogen and oxygen atoms in total. The summed E-state index contributed by atoms with van der Waals surface area (Å²) < 4.78 is 0. The van der Waals surface area contributed by atoms with E-state index >= 15 is 0 Å². The molecule has 0 atom stereocenters. The molecule has 2 rings (SSSR count). The Morgan fingerprint density at radius 2 is 2.19 bits per heavy atom. The van der Waals surface area contributed by atoms with E-state index in [1.54, 1.807) is 6.07 Å². The number of halogens is 1. The van der Waals surface area contributed by atoms with Crippen LogP contribution in [0.4, 0.5) is 5.82 Å². The summed E-state index contributed by atoms with van der Waals surface area (Å²) in [5, 5.41) is 3.39. The molecule has 0 bridgehead atoms. The van der Waals surface area contributed by atoms with Crippen LogP contribution in [0.25, 0.3) is 10.9 Å². The van der Waals surface area contributed by atoms with Gasteiger partial charge in [0, 0.05) is 17.5 Å². The minimum absolute atomic E-state index is 0.460. The summed E-state index contributed by atoms with van der Waals surface area (Å²) in [7, 11) is 0. The maximum Gasteiger partial charge on any atom is 0.253 e. The van der Waals surface area contributed by atoms with Crippen molar-refractivity contribution in [3.63, 3.8) is 0 Å². The summed E-state index contributed by atoms with van der Waals surface area (Å²) in [6.45, 7) is 2.72. The van der Waals surface area contributed by atoms with E-state index in [0.29, 0.717) is 11.4 Å². The SMILES string of the molecule is CCNc1cc(C(=O)Cl)c2ccccc2n1. The third-order valence-electron chi connectivity index (χ3n) is 2.29. The quantitative estimate of drug-likeness (QED) is 0.830. The van der Waals surface area contributed by atoms with E-state index in [-0.39, 0.29) is 0 Å². The van der Waals surface area contributed by atoms with Gasteiger partial charge in [0.25, 0.3) is 5.24 Å². The van der Waals surface area contributed by atoms with Gasteiger partial charge >= 0.3 is 0 Å². The monoisotopic (exact) mass is 234 g/mol. The second kappa shape index (κ2) is 4.49. The number of rotatable bonds is 3. The summed E-state index contributed by atoms with van der Waals surface area (Å²) in [6, 6.07) is 9.13. The number of carbonyl (C=O) groups excluding carboxylic acids is 1. The van der Waals surface area contributed by atoms with Crippen LogP contribution in [0, 0.1) is 0 Å². The molecule has 1 N–H and O–H groups in total. The number of nitrogens with one attached hydrogen (secondary N) is 1. The van der Waals surface area contributed by atoms with Crippen molar-refractivity contribution in [1.29, 1.82) is 0 Å². The van der Waals surface area contributed by atoms with Crippen molar-refractivity contribution in [2.45, 2.75) is 6.92 Å². The van der Waals surface area contributed by atoms with Crippen LogP contribution in [0.1, 0.15) is 17.3 Å². The van der Waals surface area contributed by atoms with Gasteiger partial charge < -0.3 is 5.32 Å². The molecule has 0 aliphatic carbocycles. The fourth-order valence-corrected chi connectivity index (χ4v) is 1.77. The van der Waals surface area contributed by atoms with Crippen molar-refractivity contribution in [2.75, 3.05) is 11.9 Å². The predicted molar refractivity (Wildman–Crippen MR) is 66.1 cm³/mol. The molecule has 1 aromatic carbocycles. The van der Waals surface area contributed by atoms with E-state index < -0.39 is 5.24 Å². The maximum atomic E-state index is 11.3. The Kier molecular flexibility index (Phi) is 3.06. The molecule has 0 fully saturated rings. The molecule has 0 saturated heterocycles. The van der Waals surface area contributed by atoms with Crippen LogP contribution in [0.15, 0.2) is 30.3 Å². The lowest BCUT2D eigenvalue weighted by molar-refractivity contribution is 0.108.